The number of hydrogen-bond acceptors (Lipinski definition) is 5. The number of nitrogens with one attached hydrogen (secondary N) is 2. The summed E-state index contributed by atoms with van der Waals surface area (Å²) in [4.78, 5) is 29.7. The molecule has 2 rings (SSSR count). The van der Waals surface area contributed by atoms with Crippen LogP contribution in [0.1, 0.15) is 6.92 Å². The van der Waals surface area contributed by atoms with Crippen LogP contribution in [0.3, 0.4) is 0 Å². The van der Waals surface area contributed by atoms with Gasteiger partial charge in [0.2, 0.25) is 5.95 Å². The Bertz CT molecular complexity index is 765. The lowest BCUT2D eigenvalue weighted by Crippen LogP contribution is -2.29. The fourth-order valence-electron chi connectivity index (χ4n) is 1.74. The molecular weight excluding hydrogens is 272 g/mol. The van der Waals surface area contributed by atoms with Gasteiger partial charge in [0.05, 0.1) is 0 Å². The van der Waals surface area contributed by atoms with E-state index in [1.54, 1.807) is 17.6 Å². The monoisotopic (exact) mass is 284 g/mol. The largest absolute Gasteiger partial charge is 0.329 e. The van der Waals surface area contributed by atoms with E-state index in [9.17, 15) is 9.59 Å². The van der Waals surface area contributed by atoms with E-state index in [0.717, 1.165) is 0 Å². The van der Waals surface area contributed by atoms with Gasteiger partial charge in [-0.3, -0.25) is 24.3 Å². The number of aromatic amines is 1. The maximum absolute atomic E-state index is 11.9. The summed E-state index contributed by atoms with van der Waals surface area (Å²) in [5.41, 5.74) is 1.85. The molecule has 2 aromatic heterocycles. The van der Waals surface area contributed by atoms with Crippen molar-refractivity contribution in [3.63, 3.8) is 0 Å². The molecule has 9 heteroatoms. The second-order valence-corrected chi connectivity index (χ2v) is 4.57. The third-order valence-corrected chi connectivity index (χ3v) is 2.85. The first-order chi connectivity index (χ1) is 8.95. The van der Waals surface area contributed by atoms with Crippen LogP contribution in [0.15, 0.2) is 20.7 Å². The number of aryl methyl sites for hydroxylation is 1. The molecule has 0 aliphatic rings. The summed E-state index contributed by atoms with van der Waals surface area (Å²) in [5.74, 6) is 5.65. The number of allylic oxidation sites excluding steroid dienone is 2. The average Bonchev–Trinajstić information content (AvgIpc) is 2.72. The van der Waals surface area contributed by atoms with Crippen LogP contribution in [0.2, 0.25) is 0 Å². The van der Waals surface area contributed by atoms with E-state index in [1.165, 1.54) is 11.6 Å². The van der Waals surface area contributed by atoms with Crippen molar-refractivity contribution in [3.8, 4) is 0 Å². The third-order valence-electron chi connectivity index (χ3n) is 2.69. The van der Waals surface area contributed by atoms with Gasteiger partial charge in [0.15, 0.2) is 11.2 Å². The molecule has 0 amide bonds. The molecule has 0 saturated heterocycles. The minimum absolute atomic E-state index is 0.252. The van der Waals surface area contributed by atoms with Crippen LogP contribution in [0.4, 0.5) is 5.95 Å². The van der Waals surface area contributed by atoms with Crippen molar-refractivity contribution in [3.05, 3.63) is 31.9 Å². The fourth-order valence-corrected chi connectivity index (χ4v) is 1.81. The van der Waals surface area contributed by atoms with Crippen molar-refractivity contribution in [1.82, 2.24) is 19.1 Å². The van der Waals surface area contributed by atoms with E-state index in [0.29, 0.717) is 11.6 Å². The highest BCUT2D eigenvalue weighted by molar-refractivity contribution is 6.29. The smallest absolute Gasteiger partial charge is 0.299 e. The van der Waals surface area contributed by atoms with E-state index in [2.05, 4.69) is 15.4 Å². The second-order valence-electron chi connectivity index (χ2n) is 3.97. The summed E-state index contributed by atoms with van der Waals surface area (Å²) >= 11 is 5.77. The summed E-state index contributed by atoms with van der Waals surface area (Å²) in [6, 6.07) is 0. The molecule has 4 N–H and O–H groups in total. The molecule has 0 fully saturated rings. The lowest BCUT2D eigenvalue weighted by molar-refractivity contribution is 0.818. The zero-order chi connectivity index (χ0) is 14.2. The third kappa shape index (κ3) is 2.27. The number of rotatable bonds is 3. The van der Waals surface area contributed by atoms with Gasteiger partial charge in [-0.2, -0.15) is 4.98 Å². The number of aromatic nitrogens is 4. The van der Waals surface area contributed by atoms with Gasteiger partial charge in [-0.05, 0) is 6.92 Å². The highest BCUT2D eigenvalue weighted by Crippen LogP contribution is 2.15. The Hall–Kier alpha value is -2.06. The summed E-state index contributed by atoms with van der Waals surface area (Å²) in [5, 5.41) is 0.575. The van der Waals surface area contributed by atoms with Gasteiger partial charge in [-0.25, -0.2) is 10.6 Å². The average molecular weight is 285 g/mol. The van der Waals surface area contributed by atoms with Crippen LogP contribution in [0.25, 0.3) is 11.2 Å². The predicted molar refractivity (Wildman–Crippen MR) is 73.0 cm³/mol. The summed E-state index contributed by atoms with van der Waals surface area (Å²) in [6.45, 7) is 2.03. The summed E-state index contributed by atoms with van der Waals surface area (Å²) in [6.07, 6.45) is 1.70. The van der Waals surface area contributed by atoms with Crippen molar-refractivity contribution in [2.75, 3.05) is 5.43 Å². The van der Waals surface area contributed by atoms with Crippen molar-refractivity contribution >= 4 is 28.7 Å². The molecule has 0 aliphatic carbocycles. The Morgan fingerprint density at radius 1 is 1.58 bits per heavy atom. The summed E-state index contributed by atoms with van der Waals surface area (Å²) in [7, 11) is 1.51. The number of halogens is 1. The highest BCUT2D eigenvalue weighted by atomic mass is 35.5. The molecule has 0 bridgehead atoms. The predicted octanol–water partition coefficient (Wildman–Crippen LogP) is -0.149. The first-order valence-corrected chi connectivity index (χ1v) is 5.82. The van der Waals surface area contributed by atoms with Crippen molar-refractivity contribution in [2.24, 2.45) is 12.9 Å². The Balaban J connectivity index is 2.81. The molecule has 2 aromatic rings. The van der Waals surface area contributed by atoms with Gasteiger partial charge < -0.3 is 0 Å². The molecule has 19 heavy (non-hydrogen) atoms. The van der Waals surface area contributed by atoms with Crippen LogP contribution in [0, 0.1) is 0 Å². The first-order valence-electron chi connectivity index (χ1n) is 5.44. The maximum atomic E-state index is 11.9. The van der Waals surface area contributed by atoms with Crippen molar-refractivity contribution < 1.29 is 0 Å². The number of H-pyrrole nitrogens is 1. The lowest BCUT2D eigenvalue weighted by atomic mass is 10.4. The Kier molecular flexibility index (Phi) is 3.45. The van der Waals surface area contributed by atoms with E-state index in [1.807, 2.05) is 0 Å². The molecule has 0 atom stereocenters. The van der Waals surface area contributed by atoms with E-state index in [-0.39, 0.29) is 17.1 Å². The van der Waals surface area contributed by atoms with Crippen LogP contribution in [0.5, 0.6) is 0 Å². The zero-order valence-electron chi connectivity index (χ0n) is 10.4. The molecular formula is C10H13ClN6O2. The van der Waals surface area contributed by atoms with Gasteiger partial charge >= 0.3 is 5.69 Å². The van der Waals surface area contributed by atoms with Crippen LogP contribution >= 0.6 is 11.6 Å². The Morgan fingerprint density at radius 2 is 2.26 bits per heavy atom. The number of nitrogen functional groups attached to an aromatic ring is 1. The number of nitrogens with two attached hydrogens (primary N) is 1. The normalized spacial score (nSPS) is 12.1. The minimum Gasteiger partial charge on any atom is -0.299 e. The SMILES string of the molecule is C/C(Cl)=C/Cn1c(NN)nc2c1c(=O)[nH]c(=O)n2C. The lowest BCUT2D eigenvalue weighted by Gasteiger charge is -2.04. The first kappa shape index (κ1) is 13.4. The van der Waals surface area contributed by atoms with Gasteiger partial charge in [-0.1, -0.05) is 17.7 Å². The molecule has 8 nitrogen and oxygen atoms in total. The maximum Gasteiger partial charge on any atom is 0.329 e. The van der Waals surface area contributed by atoms with Crippen LogP contribution in [-0.4, -0.2) is 19.1 Å². The quantitative estimate of drug-likeness (QED) is 0.536. The number of hydrogen-bond donors (Lipinski definition) is 3. The molecule has 0 aliphatic heterocycles. The van der Waals surface area contributed by atoms with Crippen molar-refractivity contribution in [1.29, 1.82) is 0 Å². The van der Waals surface area contributed by atoms with E-state index >= 15 is 0 Å². The molecule has 102 valence electrons. The molecule has 0 aromatic carbocycles. The summed E-state index contributed by atoms with van der Waals surface area (Å²) < 4.78 is 2.78. The van der Waals surface area contributed by atoms with Gasteiger partial charge in [0, 0.05) is 18.6 Å². The topological polar surface area (TPSA) is 111 Å². The Labute approximate surface area is 112 Å². The van der Waals surface area contributed by atoms with Crippen LogP contribution in [-0.2, 0) is 13.6 Å². The van der Waals surface area contributed by atoms with E-state index in [4.69, 9.17) is 17.4 Å². The number of hydrazine groups is 1. The molecule has 0 spiro atoms. The number of fused-ring (bicyclic) bond motifs is 1. The number of imidazole rings is 1. The van der Waals surface area contributed by atoms with E-state index < -0.39 is 11.2 Å². The highest BCUT2D eigenvalue weighted by Gasteiger charge is 2.15. The van der Waals surface area contributed by atoms with Gasteiger partial charge in [0.25, 0.3) is 5.56 Å². The van der Waals surface area contributed by atoms with Gasteiger partial charge in [-0.15, -0.1) is 0 Å². The standard InChI is InChI=1S/C10H13ClN6O2/c1-5(11)3-4-17-6-7(13-9(17)15-12)16(2)10(19)14-8(6)18/h3H,4,12H2,1-2H3,(H,13,15)(H,14,18,19)/b5-3-. The second kappa shape index (κ2) is 4.90. The molecule has 0 radical (unpaired) electrons. The zero-order valence-corrected chi connectivity index (χ0v) is 11.2. The fraction of sp³-hybridized carbons (Fsp3) is 0.300. The van der Waals surface area contributed by atoms with Gasteiger partial charge in [0.1, 0.15) is 0 Å². The molecule has 0 unspecified atom stereocenters. The molecule has 2 heterocycles. The molecule has 0 saturated carbocycles. The van der Waals surface area contributed by atoms with Crippen molar-refractivity contribution in [2.45, 2.75) is 13.5 Å². The number of nitrogens with zero attached hydrogens (tertiary/aromatic N) is 3. The minimum atomic E-state index is -0.533. The van der Waals surface area contributed by atoms with Crippen LogP contribution < -0.4 is 22.5 Å². The Morgan fingerprint density at radius 3 is 2.84 bits per heavy atom. The number of anilines is 1.